The summed E-state index contributed by atoms with van der Waals surface area (Å²) in [6.07, 6.45) is 0.892. The summed E-state index contributed by atoms with van der Waals surface area (Å²) in [4.78, 5) is 35.6. The van der Waals surface area contributed by atoms with E-state index in [0.717, 1.165) is 12.8 Å². The number of rotatable bonds is 7. The third-order valence-corrected chi connectivity index (χ3v) is 3.56. The number of hydrogen-bond donors (Lipinski definition) is 3. The van der Waals surface area contributed by atoms with Crippen molar-refractivity contribution < 1.29 is 19.1 Å². The predicted molar refractivity (Wildman–Crippen MR) is 102 cm³/mol. The molecule has 0 unspecified atom stereocenters. The van der Waals surface area contributed by atoms with Crippen molar-refractivity contribution in [1.82, 2.24) is 5.32 Å². The van der Waals surface area contributed by atoms with Crippen molar-refractivity contribution in [3.8, 4) is 0 Å². The Kier molecular flexibility index (Phi) is 8.09. The van der Waals surface area contributed by atoms with Crippen LogP contribution in [0.3, 0.4) is 0 Å². The van der Waals surface area contributed by atoms with Crippen molar-refractivity contribution in [1.29, 1.82) is 0 Å². The van der Waals surface area contributed by atoms with Crippen LogP contribution in [0.25, 0.3) is 0 Å². The Hall–Kier alpha value is -2.57. The molecule has 144 valence electrons. The van der Waals surface area contributed by atoms with Crippen LogP contribution in [0.15, 0.2) is 24.3 Å². The van der Waals surface area contributed by atoms with Crippen LogP contribution >= 0.6 is 0 Å². The molecule has 1 aromatic rings. The fraction of sp³-hybridized carbons (Fsp3) is 0.526. The van der Waals surface area contributed by atoms with Gasteiger partial charge in [-0.25, -0.2) is 4.79 Å². The van der Waals surface area contributed by atoms with Gasteiger partial charge in [-0.15, -0.1) is 0 Å². The van der Waals surface area contributed by atoms with Gasteiger partial charge in [-0.2, -0.15) is 0 Å². The van der Waals surface area contributed by atoms with Crippen LogP contribution in [0.1, 0.15) is 47.5 Å². The van der Waals surface area contributed by atoms with Gasteiger partial charge in [0.05, 0.1) is 0 Å². The first-order chi connectivity index (χ1) is 12.1. The van der Waals surface area contributed by atoms with E-state index in [-0.39, 0.29) is 24.3 Å². The van der Waals surface area contributed by atoms with E-state index >= 15 is 0 Å². The highest BCUT2D eigenvalue weighted by Gasteiger charge is 2.17. The van der Waals surface area contributed by atoms with Crippen LogP contribution < -0.4 is 16.0 Å². The summed E-state index contributed by atoms with van der Waals surface area (Å²) in [5.74, 6) is -0.462. The SMILES string of the molecule is CCC(CC)C(=O)Nc1cccc(NC(=O)CNC(=O)OC(C)(C)C)c1. The van der Waals surface area contributed by atoms with Gasteiger partial charge in [-0.3, -0.25) is 9.59 Å². The molecule has 3 amide bonds. The second-order valence-electron chi connectivity index (χ2n) is 6.99. The van der Waals surface area contributed by atoms with Crippen LogP contribution in [-0.4, -0.2) is 30.1 Å². The number of ether oxygens (including phenoxy) is 1. The van der Waals surface area contributed by atoms with Crippen LogP contribution in [0, 0.1) is 5.92 Å². The Balaban J connectivity index is 2.56. The zero-order valence-corrected chi connectivity index (χ0v) is 16.1. The quantitative estimate of drug-likeness (QED) is 0.690. The number of anilines is 2. The third-order valence-electron chi connectivity index (χ3n) is 3.56. The number of hydrogen-bond acceptors (Lipinski definition) is 4. The molecule has 0 aliphatic heterocycles. The molecule has 0 aromatic heterocycles. The van der Waals surface area contributed by atoms with Crippen LogP contribution in [-0.2, 0) is 14.3 Å². The summed E-state index contributed by atoms with van der Waals surface area (Å²) in [7, 11) is 0. The molecule has 7 heteroatoms. The van der Waals surface area contributed by atoms with Crippen LogP contribution in [0.5, 0.6) is 0 Å². The molecule has 0 saturated heterocycles. The molecule has 0 spiro atoms. The van der Waals surface area contributed by atoms with E-state index in [1.54, 1.807) is 45.0 Å². The topological polar surface area (TPSA) is 96.5 Å². The molecular formula is C19H29N3O4. The van der Waals surface area contributed by atoms with Crippen LogP contribution in [0.4, 0.5) is 16.2 Å². The van der Waals surface area contributed by atoms with Gasteiger partial charge in [0, 0.05) is 17.3 Å². The number of benzene rings is 1. The molecule has 3 N–H and O–H groups in total. The summed E-state index contributed by atoms with van der Waals surface area (Å²) in [5, 5.41) is 7.92. The normalized spacial score (nSPS) is 11.0. The van der Waals surface area contributed by atoms with Gasteiger partial charge in [0.15, 0.2) is 0 Å². The zero-order valence-electron chi connectivity index (χ0n) is 16.1. The molecule has 1 rings (SSSR count). The van der Waals surface area contributed by atoms with Gasteiger partial charge < -0.3 is 20.7 Å². The summed E-state index contributed by atoms with van der Waals surface area (Å²) >= 11 is 0. The monoisotopic (exact) mass is 363 g/mol. The average molecular weight is 363 g/mol. The van der Waals surface area contributed by atoms with Gasteiger partial charge in [0.1, 0.15) is 12.1 Å². The molecular weight excluding hydrogens is 334 g/mol. The number of nitrogens with one attached hydrogen (secondary N) is 3. The minimum absolute atomic E-state index is 0.0359. The van der Waals surface area contributed by atoms with Gasteiger partial charge in [0.2, 0.25) is 11.8 Å². The number of alkyl carbamates (subject to hydrolysis) is 1. The standard InChI is InChI=1S/C19H29N3O4/c1-6-13(7-2)17(24)22-15-10-8-9-14(11-15)21-16(23)12-20-18(25)26-19(3,4)5/h8-11,13H,6-7,12H2,1-5H3,(H,20,25)(H,21,23)(H,22,24). The summed E-state index contributed by atoms with van der Waals surface area (Å²) in [6, 6.07) is 6.87. The summed E-state index contributed by atoms with van der Waals surface area (Å²) in [6.45, 7) is 8.97. The lowest BCUT2D eigenvalue weighted by Gasteiger charge is -2.19. The highest BCUT2D eigenvalue weighted by molar-refractivity contribution is 5.96. The number of amides is 3. The van der Waals surface area contributed by atoms with Crippen molar-refractivity contribution in [3.05, 3.63) is 24.3 Å². The largest absolute Gasteiger partial charge is 0.444 e. The second kappa shape index (κ2) is 9.79. The third kappa shape index (κ3) is 8.00. The Morgan fingerprint density at radius 1 is 1.04 bits per heavy atom. The molecule has 0 saturated carbocycles. The van der Waals surface area contributed by atoms with Gasteiger partial charge in [-0.05, 0) is 51.8 Å². The van der Waals surface area contributed by atoms with Crippen molar-refractivity contribution in [2.75, 3.05) is 17.2 Å². The molecule has 0 bridgehead atoms. The lowest BCUT2D eigenvalue weighted by molar-refractivity contribution is -0.120. The molecule has 0 aliphatic rings. The Morgan fingerprint density at radius 2 is 1.62 bits per heavy atom. The van der Waals surface area contributed by atoms with E-state index in [9.17, 15) is 14.4 Å². The molecule has 0 fully saturated rings. The van der Waals surface area contributed by atoms with E-state index in [2.05, 4.69) is 16.0 Å². The van der Waals surface area contributed by atoms with E-state index in [1.165, 1.54) is 0 Å². The fourth-order valence-corrected chi connectivity index (χ4v) is 2.25. The Bertz CT molecular complexity index is 634. The first kappa shape index (κ1) is 21.5. The number of carbonyl (C=O) groups excluding carboxylic acids is 3. The van der Waals surface area contributed by atoms with E-state index in [4.69, 9.17) is 4.74 Å². The first-order valence-electron chi connectivity index (χ1n) is 8.82. The minimum atomic E-state index is -0.654. The van der Waals surface area contributed by atoms with E-state index in [1.807, 2.05) is 13.8 Å². The van der Waals surface area contributed by atoms with Crippen molar-refractivity contribution in [2.45, 2.75) is 53.1 Å². The molecule has 7 nitrogen and oxygen atoms in total. The van der Waals surface area contributed by atoms with Crippen LogP contribution in [0.2, 0.25) is 0 Å². The average Bonchev–Trinajstić information content (AvgIpc) is 2.53. The summed E-state index contributed by atoms with van der Waals surface area (Å²) in [5.41, 5.74) is 0.519. The highest BCUT2D eigenvalue weighted by atomic mass is 16.6. The van der Waals surface area contributed by atoms with Crippen molar-refractivity contribution in [3.63, 3.8) is 0 Å². The van der Waals surface area contributed by atoms with E-state index < -0.39 is 11.7 Å². The maximum absolute atomic E-state index is 12.1. The lowest BCUT2D eigenvalue weighted by atomic mass is 10.0. The fourth-order valence-electron chi connectivity index (χ4n) is 2.25. The highest BCUT2D eigenvalue weighted by Crippen LogP contribution is 2.17. The Morgan fingerprint density at radius 3 is 2.15 bits per heavy atom. The first-order valence-corrected chi connectivity index (χ1v) is 8.82. The zero-order chi connectivity index (χ0) is 19.7. The van der Waals surface area contributed by atoms with Crippen molar-refractivity contribution in [2.24, 2.45) is 5.92 Å². The molecule has 1 aromatic carbocycles. The van der Waals surface area contributed by atoms with Crippen molar-refractivity contribution >= 4 is 29.3 Å². The predicted octanol–water partition coefficient (Wildman–Crippen LogP) is 3.52. The molecule has 0 aliphatic carbocycles. The van der Waals surface area contributed by atoms with Gasteiger partial charge in [-0.1, -0.05) is 19.9 Å². The van der Waals surface area contributed by atoms with Gasteiger partial charge in [0.25, 0.3) is 0 Å². The Labute approximate surface area is 154 Å². The summed E-state index contributed by atoms with van der Waals surface area (Å²) < 4.78 is 5.07. The molecule has 0 radical (unpaired) electrons. The molecule has 0 atom stereocenters. The minimum Gasteiger partial charge on any atom is -0.444 e. The maximum atomic E-state index is 12.1. The maximum Gasteiger partial charge on any atom is 0.408 e. The molecule has 0 heterocycles. The van der Waals surface area contributed by atoms with E-state index in [0.29, 0.717) is 11.4 Å². The smallest absolute Gasteiger partial charge is 0.408 e. The lowest BCUT2D eigenvalue weighted by Crippen LogP contribution is -2.37. The number of carbonyl (C=O) groups is 3. The molecule has 26 heavy (non-hydrogen) atoms. The van der Waals surface area contributed by atoms with Gasteiger partial charge >= 0.3 is 6.09 Å². The second-order valence-corrected chi connectivity index (χ2v) is 6.99.